The summed E-state index contributed by atoms with van der Waals surface area (Å²) in [6, 6.07) is 5.32. The topological polar surface area (TPSA) is 32.1 Å². The number of carbonyl (C=O) groups is 1. The molecule has 1 fully saturated rings. The zero-order chi connectivity index (χ0) is 12.6. The van der Waals surface area contributed by atoms with Crippen LogP contribution in [0.25, 0.3) is 0 Å². The van der Waals surface area contributed by atoms with Crippen LogP contribution in [0.2, 0.25) is 10.0 Å². The molecule has 1 aliphatic rings. The summed E-state index contributed by atoms with van der Waals surface area (Å²) in [5, 5.41) is 1.13. The van der Waals surface area contributed by atoms with Crippen molar-refractivity contribution in [3.05, 3.63) is 33.8 Å². The second-order valence-electron chi connectivity index (χ2n) is 4.66. The van der Waals surface area contributed by atoms with Gasteiger partial charge in [0.1, 0.15) is 0 Å². The number of hydrogen-bond donors (Lipinski definition) is 1. The molecule has 0 saturated carbocycles. The number of rotatable bonds is 1. The molecule has 0 atom stereocenters. The van der Waals surface area contributed by atoms with Gasteiger partial charge in [-0.1, -0.05) is 29.3 Å². The molecule has 1 amide bonds. The third kappa shape index (κ3) is 2.45. The highest BCUT2D eigenvalue weighted by atomic mass is 35.5. The van der Waals surface area contributed by atoms with E-state index < -0.39 is 0 Å². The van der Waals surface area contributed by atoms with Crippen molar-refractivity contribution in [1.29, 1.82) is 0 Å². The molecule has 0 unspecified atom stereocenters. The minimum atomic E-state index is -0.278. The standard InChI is InChI=1S/C12H12Cl2N2O/c1-12(2)6-11(17)15-16(12)7-8-9(13)4-3-5-10(8)14/h3-5,7H,6H2,1-2H3/p+1/b16-7-. The van der Waals surface area contributed by atoms with Crippen molar-refractivity contribution in [2.75, 3.05) is 0 Å². The molecule has 1 saturated heterocycles. The number of benzene rings is 1. The summed E-state index contributed by atoms with van der Waals surface area (Å²) in [5.74, 6) is -0.00516. The molecule has 0 spiro atoms. The summed E-state index contributed by atoms with van der Waals surface area (Å²) in [6.45, 7) is 3.96. The maximum absolute atomic E-state index is 11.4. The fourth-order valence-corrected chi connectivity index (χ4v) is 2.27. The zero-order valence-corrected chi connectivity index (χ0v) is 11.1. The molecule has 1 aromatic carbocycles. The van der Waals surface area contributed by atoms with E-state index in [1.807, 2.05) is 13.8 Å². The van der Waals surface area contributed by atoms with Crippen LogP contribution in [-0.4, -0.2) is 22.3 Å². The number of nitrogens with zero attached hydrogens (tertiary/aromatic N) is 1. The lowest BCUT2D eigenvalue weighted by Gasteiger charge is -2.10. The second-order valence-corrected chi connectivity index (χ2v) is 5.47. The molecule has 2 rings (SSSR count). The first-order chi connectivity index (χ1) is 7.90. The number of carbonyl (C=O) groups excluding carboxylic acids is 1. The highest BCUT2D eigenvalue weighted by Crippen LogP contribution is 2.24. The summed E-state index contributed by atoms with van der Waals surface area (Å²) in [7, 11) is 0. The molecule has 90 valence electrons. The molecular formula is C12H13Cl2N2O+. The Labute approximate surface area is 110 Å². The Balaban J connectivity index is 2.47. The third-order valence-electron chi connectivity index (χ3n) is 2.75. The largest absolute Gasteiger partial charge is 0.281 e. The molecule has 1 aromatic rings. The quantitative estimate of drug-likeness (QED) is 0.783. The van der Waals surface area contributed by atoms with Gasteiger partial charge >= 0.3 is 0 Å². The first kappa shape index (κ1) is 12.4. The van der Waals surface area contributed by atoms with Crippen LogP contribution in [-0.2, 0) is 4.79 Å². The van der Waals surface area contributed by atoms with Crippen LogP contribution in [0, 0.1) is 0 Å². The van der Waals surface area contributed by atoms with Gasteiger partial charge in [0, 0.05) is 13.8 Å². The molecule has 0 aromatic heterocycles. The first-order valence-electron chi connectivity index (χ1n) is 5.28. The van der Waals surface area contributed by atoms with E-state index in [1.54, 1.807) is 29.1 Å². The molecule has 3 nitrogen and oxygen atoms in total. The Hall–Kier alpha value is -1.06. The molecule has 1 heterocycles. The smallest absolute Gasteiger partial charge is 0.269 e. The van der Waals surface area contributed by atoms with Gasteiger partial charge in [-0.25, -0.2) is 0 Å². The molecule has 17 heavy (non-hydrogen) atoms. The first-order valence-corrected chi connectivity index (χ1v) is 6.03. The van der Waals surface area contributed by atoms with Gasteiger partial charge in [0.25, 0.3) is 5.91 Å². The lowest BCUT2D eigenvalue weighted by molar-refractivity contribution is -0.620. The van der Waals surface area contributed by atoms with Crippen LogP contribution in [0.5, 0.6) is 0 Å². The summed E-state index contributed by atoms with van der Waals surface area (Å²) in [4.78, 5) is 11.4. The van der Waals surface area contributed by atoms with E-state index in [1.165, 1.54) is 0 Å². The number of hydrogen-bond acceptors (Lipinski definition) is 1. The highest BCUT2D eigenvalue weighted by Gasteiger charge is 2.42. The monoisotopic (exact) mass is 271 g/mol. The molecule has 0 radical (unpaired) electrons. The lowest BCUT2D eigenvalue weighted by Crippen LogP contribution is -2.36. The van der Waals surface area contributed by atoms with Crippen molar-refractivity contribution < 1.29 is 9.48 Å². The number of hydrazine groups is 1. The number of hydrazone groups is 1. The molecular weight excluding hydrogens is 259 g/mol. The van der Waals surface area contributed by atoms with Crippen molar-refractivity contribution in [2.24, 2.45) is 0 Å². The normalized spacial score (nSPS) is 20.7. The van der Waals surface area contributed by atoms with E-state index in [-0.39, 0.29) is 11.4 Å². The predicted octanol–water partition coefficient (Wildman–Crippen LogP) is 2.64. The van der Waals surface area contributed by atoms with E-state index in [0.717, 1.165) is 0 Å². The van der Waals surface area contributed by atoms with Gasteiger partial charge < -0.3 is 0 Å². The van der Waals surface area contributed by atoms with Crippen LogP contribution < -0.4 is 5.43 Å². The summed E-state index contributed by atoms with van der Waals surface area (Å²) in [5.41, 5.74) is 3.20. The van der Waals surface area contributed by atoms with Crippen molar-refractivity contribution >= 4 is 35.3 Å². The fourth-order valence-electron chi connectivity index (χ4n) is 1.77. The zero-order valence-electron chi connectivity index (χ0n) is 9.63. The molecule has 1 aliphatic heterocycles. The van der Waals surface area contributed by atoms with E-state index in [9.17, 15) is 4.79 Å². The van der Waals surface area contributed by atoms with Gasteiger partial charge in [0.15, 0.2) is 5.54 Å². The third-order valence-corrected chi connectivity index (χ3v) is 3.41. The fraction of sp³-hybridized carbons (Fsp3) is 0.333. The predicted molar refractivity (Wildman–Crippen MR) is 68.7 cm³/mol. The van der Waals surface area contributed by atoms with Crippen LogP contribution in [0.15, 0.2) is 18.2 Å². The van der Waals surface area contributed by atoms with Gasteiger partial charge in [-0.05, 0) is 12.1 Å². The average Bonchev–Trinajstić information content (AvgIpc) is 2.45. The van der Waals surface area contributed by atoms with Crippen molar-refractivity contribution in [2.45, 2.75) is 25.8 Å². The van der Waals surface area contributed by atoms with E-state index >= 15 is 0 Å². The summed E-state index contributed by atoms with van der Waals surface area (Å²) >= 11 is 12.2. The Morgan fingerprint density at radius 1 is 1.35 bits per heavy atom. The van der Waals surface area contributed by atoms with Crippen LogP contribution in [0.4, 0.5) is 0 Å². The van der Waals surface area contributed by atoms with Gasteiger partial charge in [0.05, 0.1) is 22.0 Å². The molecule has 1 N–H and O–H groups in total. The van der Waals surface area contributed by atoms with E-state index in [0.29, 0.717) is 22.0 Å². The van der Waals surface area contributed by atoms with Crippen LogP contribution >= 0.6 is 23.2 Å². The summed E-state index contributed by atoms with van der Waals surface area (Å²) in [6.07, 6.45) is 2.22. The molecule has 5 heteroatoms. The van der Waals surface area contributed by atoms with Gasteiger partial charge in [-0.3, -0.25) is 4.79 Å². The van der Waals surface area contributed by atoms with E-state index in [2.05, 4.69) is 5.43 Å². The van der Waals surface area contributed by atoms with E-state index in [4.69, 9.17) is 23.2 Å². The maximum Gasteiger partial charge on any atom is 0.281 e. The average molecular weight is 272 g/mol. The van der Waals surface area contributed by atoms with Gasteiger partial charge in [-0.15, -0.1) is 10.1 Å². The van der Waals surface area contributed by atoms with Gasteiger partial charge in [0.2, 0.25) is 6.21 Å². The van der Waals surface area contributed by atoms with Crippen LogP contribution in [0.3, 0.4) is 0 Å². The number of nitrogens with one attached hydrogen (secondary N) is 1. The van der Waals surface area contributed by atoms with Gasteiger partial charge in [-0.2, -0.15) is 0 Å². The Morgan fingerprint density at radius 3 is 2.41 bits per heavy atom. The van der Waals surface area contributed by atoms with Crippen molar-refractivity contribution in [1.82, 2.24) is 5.43 Å². The molecule has 0 aliphatic carbocycles. The molecule has 0 bridgehead atoms. The van der Waals surface area contributed by atoms with Crippen molar-refractivity contribution in [3.8, 4) is 0 Å². The SMILES string of the molecule is CC1(C)CC(=O)N/[N+]1=C\c1c(Cl)cccc1Cl. The lowest BCUT2D eigenvalue weighted by atomic mass is 10.0. The Bertz CT molecular complexity index is 489. The number of amides is 1. The summed E-state index contributed by atoms with van der Waals surface area (Å²) < 4.78 is 1.75. The Kier molecular flexibility index (Phi) is 3.15. The second kappa shape index (κ2) is 4.31. The van der Waals surface area contributed by atoms with Crippen molar-refractivity contribution in [3.63, 3.8) is 0 Å². The number of halogens is 2. The minimum Gasteiger partial charge on any atom is -0.269 e. The highest BCUT2D eigenvalue weighted by molar-refractivity contribution is 6.38. The Morgan fingerprint density at radius 2 is 1.94 bits per heavy atom. The minimum absolute atomic E-state index is 0.00516. The maximum atomic E-state index is 11.4. The van der Waals surface area contributed by atoms with Crippen LogP contribution in [0.1, 0.15) is 25.8 Å².